The average Bonchev–Trinajstić information content (AvgIpc) is 2.02. The third-order valence-electron chi connectivity index (χ3n) is 1.88. The molecule has 0 fully saturated rings. The Morgan fingerprint density at radius 1 is 1.54 bits per heavy atom. The second kappa shape index (κ2) is 3.91. The maximum atomic E-state index is 10.8. The molecule has 1 heterocycles. The first-order valence-electron chi connectivity index (χ1n) is 4.15. The Morgan fingerprint density at radius 2 is 2.23 bits per heavy atom. The van der Waals surface area contributed by atoms with Gasteiger partial charge >= 0.3 is 0 Å². The lowest BCUT2D eigenvalue weighted by atomic mass is 10.1. The molecule has 4 nitrogen and oxygen atoms in total. The summed E-state index contributed by atoms with van der Waals surface area (Å²) >= 11 is 0. The Kier molecular flexibility index (Phi) is 3.08. The van der Waals surface area contributed by atoms with E-state index in [1.165, 1.54) is 6.26 Å². The Morgan fingerprint density at radius 3 is 2.69 bits per heavy atom. The van der Waals surface area contributed by atoms with Crippen molar-refractivity contribution in [3.63, 3.8) is 0 Å². The summed E-state index contributed by atoms with van der Waals surface area (Å²) in [6, 6.07) is 0. The van der Waals surface area contributed by atoms with Gasteiger partial charge in [-0.15, -0.1) is 0 Å². The van der Waals surface area contributed by atoms with Gasteiger partial charge in [0.05, 0.1) is 5.75 Å². The SMILES string of the molecule is CS(=O)(=O)CCC1=NC=C(N)CC1. The molecule has 2 N–H and O–H groups in total. The topological polar surface area (TPSA) is 72.5 Å². The van der Waals surface area contributed by atoms with Crippen LogP contribution in [0.25, 0.3) is 0 Å². The molecule has 0 unspecified atom stereocenters. The molecule has 0 spiro atoms. The van der Waals surface area contributed by atoms with Crippen LogP contribution in [0.1, 0.15) is 19.3 Å². The number of nitrogens with two attached hydrogens (primary N) is 1. The molecule has 0 atom stereocenters. The number of allylic oxidation sites excluding steroid dienone is 1. The lowest BCUT2D eigenvalue weighted by Crippen LogP contribution is -2.13. The van der Waals surface area contributed by atoms with Crippen molar-refractivity contribution in [2.75, 3.05) is 12.0 Å². The van der Waals surface area contributed by atoms with Gasteiger partial charge in [0.15, 0.2) is 0 Å². The molecule has 0 aliphatic carbocycles. The first-order chi connectivity index (χ1) is 5.97. The first-order valence-corrected chi connectivity index (χ1v) is 6.21. The van der Waals surface area contributed by atoms with E-state index in [0.29, 0.717) is 6.42 Å². The van der Waals surface area contributed by atoms with Crippen molar-refractivity contribution >= 4 is 15.5 Å². The smallest absolute Gasteiger partial charge is 0.147 e. The van der Waals surface area contributed by atoms with Crippen molar-refractivity contribution in [3.05, 3.63) is 11.9 Å². The first kappa shape index (κ1) is 10.2. The van der Waals surface area contributed by atoms with Crippen LogP contribution in [-0.2, 0) is 9.84 Å². The van der Waals surface area contributed by atoms with Crippen LogP contribution in [0.5, 0.6) is 0 Å². The molecule has 1 aliphatic heterocycles. The molecule has 0 aromatic rings. The third-order valence-corrected chi connectivity index (χ3v) is 2.82. The zero-order valence-corrected chi connectivity index (χ0v) is 8.47. The monoisotopic (exact) mass is 202 g/mol. The van der Waals surface area contributed by atoms with Gasteiger partial charge < -0.3 is 5.73 Å². The highest BCUT2D eigenvalue weighted by Crippen LogP contribution is 2.10. The fourth-order valence-electron chi connectivity index (χ4n) is 1.08. The standard InChI is InChI=1S/C8H14N2O2S/c1-13(11,12)5-4-8-3-2-7(9)6-10-8/h6H,2-5,9H2,1H3. The maximum Gasteiger partial charge on any atom is 0.147 e. The molecular formula is C8H14N2O2S. The minimum Gasteiger partial charge on any atom is -0.401 e. The molecule has 74 valence electrons. The fraction of sp³-hybridized carbons (Fsp3) is 0.625. The minimum absolute atomic E-state index is 0.180. The molecule has 0 saturated carbocycles. The van der Waals surface area contributed by atoms with Crippen LogP contribution in [0.15, 0.2) is 16.9 Å². The van der Waals surface area contributed by atoms with Crippen LogP contribution in [-0.4, -0.2) is 26.1 Å². The Bertz CT molecular complexity index is 341. The number of rotatable bonds is 3. The van der Waals surface area contributed by atoms with Crippen molar-refractivity contribution in [2.45, 2.75) is 19.3 Å². The van der Waals surface area contributed by atoms with E-state index in [9.17, 15) is 8.42 Å². The minimum atomic E-state index is -2.87. The zero-order chi connectivity index (χ0) is 9.90. The molecule has 0 radical (unpaired) electrons. The summed E-state index contributed by atoms with van der Waals surface area (Å²) in [5.41, 5.74) is 7.21. The van der Waals surface area contributed by atoms with Crippen LogP contribution in [0.4, 0.5) is 0 Å². The van der Waals surface area contributed by atoms with Crippen molar-refractivity contribution in [2.24, 2.45) is 10.7 Å². The third kappa shape index (κ3) is 4.07. The van der Waals surface area contributed by atoms with E-state index < -0.39 is 9.84 Å². The largest absolute Gasteiger partial charge is 0.401 e. The lowest BCUT2D eigenvalue weighted by molar-refractivity contribution is 0.602. The normalized spacial score (nSPS) is 17.9. The molecule has 0 bridgehead atoms. The fourth-order valence-corrected chi connectivity index (χ4v) is 1.69. The summed E-state index contributed by atoms with van der Waals surface area (Å²) in [4.78, 5) is 4.08. The molecule has 0 aromatic carbocycles. The Labute approximate surface area is 78.5 Å². The van der Waals surface area contributed by atoms with Crippen molar-refractivity contribution < 1.29 is 8.42 Å². The molecule has 1 aliphatic rings. The van der Waals surface area contributed by atoms with Gasteiger partial charge in [-0.25, -0.2) is 8.42 Å². The summed E-state index contributed by atoms with van der Waals surface area (Å²) < 4.78 is 21.7. The Balaban J connectivity index is 2.48. The number of hydrogen-bond acceptors (Lipinski definition) is 4. The number of aliphatic imine (C=N–C) groups is 1. The van der Waals surface area contributed by atoms with Gasteiger partial charge in [-0.1, -0.05) is 0 Å². The number of sulfone groups is 1. The van der Waals surface area contributed by atoms with E-state index >= 15 is 0 Å². The van der Waals surface area contributed by atoms with E-state index in [-0.39, 0.29) is 5.75 Å². The maximum absolute atomic E-state index is 10.8. The summed E-state index contributed by atoms with van der Waals surface area (Å²) in [7, 11) is -2.87. The van der Waals surface area contributed by atoms with E-state index in [1.807, 2.05) is 0 Å². The van der Waals surface area contributed by atoms with E-state index in [4.69, 9.17) is 5.73 Å². The van der Waals surface area contributed by atoms with E-state index in [2.05, 4.69) is 4.99 Å². The quantitative estimate of drug-likeness (QED) is 0.722. The van der Waals surface area contributed by atoms with Crippen LogP contribution < -0.4 is 5.73 Å². The number of nitrogens with zero attached hydrogens (tertiary/aromatic N) is 1. The predicted octanol–water partition coefficient (Wildman–Crippen LogP) is 0.456. The highest BCUT2D eigenvalue weighted by Gasteiger charge is 2.09. The van der Waals surface area contributed by atoms with Gasteiger partial charge in [-0.3, -0.25) is 4.99 Å². The second-order valence-corrected chi connectivity index (χ2v) is 5.54. The van der Waals surface area contributed by atoms with Crippen LogP contribution in [0.2, 0.25) is 0 Å². The van der Waals surface area contributed by atoms with Crippen molar-refractivity contribution in [1.29, 1.82) is 0 Å². The molecule has 1 rings (SSSR count). The van der Waals surface area contributed by atoms with Gasteiger partial charge in [0, 0.05) is 23.9 Å². The van der Waals surface area contributed by atoms with Gasteiger partial charge in [-0.2, -0.15) is 0 Å². The van der Waals surface area contributed by atoms with Gasteiger partial charge in [0.2, 0.25) is 0 Å². The molecular weight excluding hydrogens is 188 g/mol. The summed E-state index contributed by atoms with van der Waals surface area (Å²) in [5.74, 6) is 0.180. The lowest BCUT2D eigenvalue weighted by Gasteiger charge is -2.09. The van der Waals surface area contributed by atoms with E-state index in [1.54, 1.807) is 6.20 Å². The average molecular weight is 202 g/mol. The van der Waals surface area contributed by atoms with Gasteiger partial charge in [-0.05, 0) is 19.3 Å². The van der Waals surface area contributed by atoms with Crippen molar-refractivity contribution in [3.8, 4) is 0 Å². The highest BCUT2D eigenvalue weighted by molar-refractivity contribution is 7.90. The number of hydrogen-bond donors (Lipinski definition) is 1. The van der Waals surface area contributed by atoms with E-state index in [0.717, 1.165) is 24.3 Å². The molecule has 0 amide bonds. The molecule has 13 heavy (non-hydrogen) atoms. The molecule has 0 aromatic heterocycles. The van der Waals surface area contributed by atoms with Crippen molar-refractivity contribution in [1.82, 2.24) is 0 Å². The second-order valence-electron chi connectivity index (χ2n) is 3.28. The summed E-state index contributed by atoms with van der Waals surface area (Å²) in [6.07, 6.45) is 4.96. The predicted molar refractivity (Wildman–Crippen MR) is 53.3 cm³/mol. The van der Waals surface area contributed by atoms with Crippen LogP contribution in [0.3, 0.4) is 0 Å². The zero-order valence-electron chi connectivity index (χ0n) is 7.66. The highest BCUT2D eigenvalue weighted by atomic mass is 32.2. The Hall–Kier alpha value is -0.840. The van der Waals surface area contributed by atoms with Crippen LogP contribution >= 0.6 is 0 Å². The molecule has 0 saturated heterocycles. The summed E-state index contributed by atoms with van der Waals surface area (Å²) in [5, 5.41) is 0. The van der Waals surface area contributed by atoms with Gasteiger partial charge in [0.1, 0.15) is 9.84 Å². The summed E-state index contributed by atoms with van der Waals surface area (Å²) in [6.45, 7) is 0. The van der Waals surface area contributed by atoms with Crippen LogP contribution in [0, 0.1) is 0 Å². The van der Waals surface area contributed by atoms with Gasteiger partial charge in [0.25, 0.3) is 0 Å². The molecule has 5 heteroatoms.